The van der Waals surface area contributed by atoms with Crippen LogP contribution in [0.5, 0.6) is 0 Å². The summed E-state index contributed by atoms with van der Waals surface area (Å²) in [6.07, 6.45) is 1.93. The van der Waals surface area contributed by atoms with E-state index in [1.54, 1.807) is 43.3 Å². The third-order valence-corrected chi connectivity index (χ3v) is 5.80. The van der Waals surface area contributed by atoms with Gasteiger partial charge in [-0.25, -0.2) is 13.2 Å². The van der Waals surface area contributed by atoms with E-state index in [0.717, 1.165) is 0 Å². The Morgan fingerprint density at radius 2 is 1.95 bits per heavy atom. The molecular formula is C15H18O4S. The quantitative estimate of drug-likeness (QED) is 0.800. The maximum Gasteiger partial charge on any atom is 0.333 e. The van der Waals surface area contributed by atoms with E-state index in [1.165, 1.54) is 0 Å². The van der Waals surface area contributed by atoms with Crippen LogP contribution in [0.4, 0.5) is 0 Å². The summed E-state index contributed by atoms with van der Waals surface area (Å²) >= 11 is 0. The van der Waals surface area contributed by atoms with E-state index in [0.29, 0.717) is 17.1 Å². The molecule has 108 valence electrons. The van der Waals surface area contributed by atoms with Crippen molar-refractivity contribution in [1.82, 2.24) is 0 Å². The molecular weight excluding hydrogens is 276 g/mol. The summed E-state index contributed by atoms with van der Waals surface area (Å²) in [5.41, 5.74) is 0.462. The van der Waals surface area contributed by atoms with Crippen molar-refractivity contribution in [1.29, 1.82) is 0 Å². The Labute approximate surface area is 119 Å². The number of esters is 1. The van der Waals surface area contributed by atoms with Crippen molar-refractivity contribution in [2.45, 2.75) is 30.4 Å². The highest BCUT2D eigenvalue weighted by molar-refractivity contribution is 7.92. The molecule has 1 aromatic rings. The minimum absolute atomic E-state index is 0.195. The number of ether oxygens (including phenoxy) is 1. The number of carbonyl (C=O) groups excluding carboxylic acids is 1. The molecule has 1 aromatic carbocycles. The summed E-state index contributed by atoms with van der Waals surface area (Å²) in [6.45, 7) is 3.84. The molecule has 5 heteroatoms. The summed E-state index contributed by atoms with van der Waals surface area (Å²) in [4.78, 5) is 12.0. The van der Waals surface area contributed by atoms with Gasteiger partial charge in [0.25, 0.3) is 0 Å². The second kappa shape index (κ2) is 5.79. The van der Waals surface area contributed by atoms with Crippen LogP contribution in [-0.4, -0.2) is 26.2 Å². The molecule has 20 heavy (non-hydrogen) atoms. The monoisotopic (exact) mass is 294 g/mol. The van der Waals surface area contributed by atoms with Gasteiger partial charge >= 0.3 is 5.97 Å². The minimum atomic E-state index is -3.43. The second-order valence-electron chi connectivity index (χ2n) is 4.87. The maximum atomic E-state index is 12.6. The molecule has 0 bridgehead atoms. The Balaban J connectivity index is 2.23. The minimum Gasteiger partial charge on any atom is -0.463 e. The number of sulfone groups is 1. The average molecular weight is 294 g/mol. The molecule has 0 heterocycles. The van der Waals surface area contributed by atoms with Crippen LogP contribution < -0.4 is 0 Å². The van der Waals surface area contributed by atoms with Gasteiger partial charge in [-0.05, 0) is 31.4 Å². The van der Waals surface area contributed by atoms with Crippen molar-refractivity contribution in [3.63, 3.8) is 0 Å². The molecule has 1 aliphatic rings. The molecule has 0 saturated carbocycles. The largest absolute Gasteiger partial charge is 0.463 e. The topological polar surface area (TPSA) is 60.4 Å². The van der Waals surface area contributed by atoms with Crippen LogP contribution in [0.2, 0.25) is 0 Å². The summed E-state index contributed by atoms with van der Waals surface area (Å²) in [6, 6.07) is 8.35. The zero-order valence-corrected chi connectivity index (χ0v) is 12.4. The van der Waals surface area contributed by atoms with Gasteiger partial charge in [0.2, 0.25) is 0 Å². The molecule has 0 radical (unpaired) electrons. The lowest BCUT2D eigenvalue weighted by Crippen LogP contribution is -2.25. The highest BCUT2D eigenvalue weighted by atomic mass is 32.2. The lowest BCUT2D eigenvalue weighted by Gasteiger charge is -2.16. The lowest BCUT2D eigenvalue weighted by molar-refractivity contribution is -0.138. The number of rotatable bonds is 4. The molecule has 0 amide bonds. The van der Waals surface area contributed by atoms with Crippen LogP contribution >= 0.6 is 0 Å². The number of allylic oxidation sites excluding steroid dienone is 1. The first-order valence-electron chi connectivity index (χ1n) is 6.63. The fourth-order valence-electron chi connectivity index (χ4n) is 2.45. The Hall–Kier alpha value is -1.62. The van der Waals surface area contributed by atoms with Crippen molar-refractivity contribution in [2.75, 3.05) is 6.61 Å². The molecule has 2 rings (SSSR count). The molecule has 2 atom stereocenters. The Bertz CT molecular complexity index is 617. The third-order valence-electron chi connectivity index (χ3n) is 3.48. The van der Waals surface area contributed by atoms with Gasteiger partial charge in [0.05, 0.1) is 16.8 Å². The van der Waals surface area contributed by atoms with Crippen molar-refractivity contribution in [3.8, 4) is 0 Å². The van der Waals surface area contributed by atoms with Gasteiger partial charge in [-0.15, -0.1) is 0 Å². The summed E-state index contributed by atoms with van der Waals surface area (Å²) < 4.78 is 30.1. The van der Waals surface area contributed by atoms with Crippen molar-refractivity contribution in [2.24, 2.45) is 5.92 Å². The molecule has 0 fully saturated rings. The normalized spacial score (nSPS) is 22.4. The van der Waals surface area contributed by atoms with Crippen LogP contribution in [0.3, 0.4) is 0 Å². The molecule has 0 aromatic heterocycles. The predicted molar refractivity (Wildman–Crippen MR) is 75.9 cm³/mol. The van der Waals surface area contributed by atoms with Gasteiger partial charge in [0.15, 0.2) is 9.84 Å². The van der Waals surface area contributed by atoms with Gasteiger partial charge < -0.3 is 4.74 Å². The van der Waals surface area contributed by atoms with E-state index in [1.807, 2.05) is 6.92 Å². The zero-order valence-electron chi connectivity index (χ0n) is 11.6. The van der Waals surface area contributed by atoms with Gasteiger partial charge in [0, 0.05) is 5.57 Å². The molecule has 0 N–H and O–H groups in total. The maximum absolute atomic E-state index is 12.6. The molecule has 0 saturated heterocycles. The lowest BCUT2D eigenvalue weighted by atomic mass is 10.1. The van der Waals surface area contributed by atoms with E-state index < -0.39 is 21.1 Å². The SMILES string of the molecule is CCOC(=O)C1=C[C@H](C)[C@@H](S(=O)(=O)c2ccccc2)C1. The van der Waals surface area contributed by atoms with Crippen LogP contribution in [0.1, 0.15) is 20.3 Å². The van der Waals surface area contributed by atoms with E-state index in [-0.39, 0.29) is 12.3 Å². The second-order valence-corrected chi connectivity index (χ2v) is 7.04. The molecule has 0 spiro atoms. The van der Waals surface area contributed by atoms with Crippen molar-refractivity contribution < 1.29 is 17.9 Å². The van der Waals surface area contributed by atoms with Gasteiger partial charge in [-0.2, -0.15) is 0 Å². The summed E-state index contributed by atoms with van der Waals surface area (Å²) in [7, 11) is -3.43. The Kier molecular flexibility index (Phi) is 4.28. The molecule has 0 aliphatic heterocycles. The van der Waals surface area contributed by atoms with Gasteiger partial charge in [0.1, 0.15) is 0 Å². The first kappa shape index (κ1) is 14.8. The predicted octanol–water partition coefficient (Wildman–Crippen LogP) is 2.36. The third kappa shape index (κ3) is 2.77. The fraction of sp³-hybridized carbons (Fsp3) is 0.400. The summed E-state index contributed by atoms with van der Waals surface area (Å²) in [5, 5.41) is -0.593. The fourth-order valence-corrected chi connectivity index (χ4v) is 4.38. The van der Waals surface area contributed by atoms with Gasteiger partial charge in [-0.1, -0.05) is 31.2 Å². The molecule has 4 nitrogen and oxygen atoms in total. The van der Waals surface area contributed by atoms with E-state index in [9.17, 15) is 13.2 Å². The van der Waals surface area contributed by atoms with Crippen LogP contribution in [-0.2, 0) is 19.4 Å². The average Bonchev–Trinajstić information content (AvgIpc) is 2.83. The highest BCUT2D eigenvalue weighted by Crippen LogP contribution is 2.34. The Morgan fingerprint density at radius 1 is 1.30 bits per heavy atom. The molecule has 1 aliphatic carbocycles. The number of hydrogen-bond donors (Lipinski definition) is 0. The highest BCUT2D eigenvalue weighted by Gasteiger charge is 2.38. The smallest absolute Gasteiger partial charge is 0.333 e. The standard InChI is InChI=1S/C15H18O4S/c1-3-19-15(16)12-9-11(2)14(10-12)20(17,18)13-7-5-4-6-8-13/h4-9,11,14H,3,10H2,1-2H3/t11-,14-/m0/s1. The van der Waals surface area contributed by atoms with Crippen molar-refractivity contribution in [3.05, 3.63) is 42.0 Å². The van der Waals surface area contributed by atoms with E-state index >= 15 is 0 Å². The van der Waals surface area contributed by atoms with Crippen molar-refractivity contribution >= 4 is 15.8 Å². The first-order chi connectivity index (χ1) is 9.46. The number of carbonyl (C=O) groups is 1. The number of hydrogen-bond acceptors (Lipinski definition) is 4. The first-order valence-corrected chi connectivity index (χ1v) is 8.18. The zero-order chi connectivity index (χ0) is 14.8. The summed E-state index contributed by atoms with van der Waals surface area (Å²) in [5.74, 6) is -0.607. The van der Waals surface area contributed by atoms with Crippen LogP contribution in [0, 0.1) is 5.92 Å². The van der Waals surface area contributed by atoms with E-state index in [4.69, 9.17) is 4.74 Å². The van der Waals surface area contributed by atoms with Crippen LogP contribution in [0.15, 0.2) is 46.9 Å². The van der Waals surface area contributed by atoms with Crippen LogP contribution in [0.25, 0.3) is 0 Å². The Morgan fingerprint density at radius 3 is 2.55 bits per heavy atom. The van der Waals surface area contributed by atoms with E-state index in [2.05, 4.69) is 0 Å². The molecule has 0 unspecified atom stereocenters. The number of benzene rings is 1. The van der Waals surface area contributed by atoms with Gasteiger partial charge in [-0.3, -0.25) is 0 Å².